The van der Waals surface area contributed by atoms with Crippen LogP contribution in [0.4, 0.5) is 13.2 Å². The molecule has 0 radical (unpaired) electrons. The third-order valence-electron chi connectivity index (χ3n) is 2.86. The molecule has 0 spiro atoms. The minimum atomic E-state index is -4.66. The van der Waals surface area contributed by atoms with Gasteiger partial charge in [0.05, 0.1) is 5.52 Å². The van der Waals surface area contributed by atoms with Gasteiger partial charge < -0.3 is 5.11 Å². The van der Waals surface area contributed by atoms with Crippen molar-refractivity contribution in [1.29, 1.82) is 0 Å². The Balaban J connectivity index is 2.89. The van der Waals surface area contributed by atoms with Crippen molar-refractivity contribution in [3.8, 4) is 0 Å². The molecule has 0 fully saturated rings. The molecule has 0 atom stereocenters. The quantitative estimate of drug-likeness (QED) is 0.917. The standard InChI is InChI=1S/C12H10ClF3N2O2/c1-5(2)6-3-7-9(13)10(11(19)20)17-18(7)8(4-6)12(14,15)16/h3-5H,1-2H3,(H,19,20). The maximum absolute atomic E-state index is 13.1. The van der Waals surface area contributed by atoms with E-state index in [0.29, 0.717) is 10.1 Å². The summed E-state index contributed by atoms with van der Waals surface area (Å²) in [5, 5.41) is 12.0. The van der Waals surface area contributed by atoms with Gasteiger partial charge in [-0.1, -0.05) is 25.4 Å². The second kappa shape index (κ2) is 4.66. The van der Waals surface area contributed by atoms with Gasteiger partial charge in [-0.15, -0.1) is 0 Å². The predicted molar refractivity (Wildman–Crippen MR) is 66.3 cm³/mol. The van der Waals surface area contributed by atoms with Crippen LogP contribution < -0.4 is 0 Å². The lowest BCUT2D eigenvalue weighted by molar-refractivity contribution is -0.142. The van der Waals surface area contributed by atoms with Gasteiger partial charge in [0.25, 0.3) is 0 Å². The van der Waals surface area contributed by atoms with Crippen LogP contribution in [0, 0.1) is 0 Å². The molecular formula is C12H10ClF3N2O2. The first-order chi connectivity index (χ1) is 9.12. The van der Waals surface area contributed by atoms with Gasteiger partial charge in [0, 0.05) is 0 Å². The Labute approximate surface area is 116 Å². The fourth-order valence-corrected chi connectivity index (χ4v) is 2.06. The predicted octanol–water partition coefficient (Wildman–Crippen LogP) is 3.83. The SMILES string of the molecule is CC(C)c1cc(C(F)(F)F)n2nc(C(=O)O)c(Cl)c2c1. The number of fused-ring (bicyclic) bond motifs is 1. The third-order valence-corrected chi connectivity index (χ3v) is 3.23. The van der Waals surface area contributed by atoms with Crippen LogP contribution in [0.15, 0.2) is 12.1 Å². The monoisotopic (exact) mass is 306 g/mol. The summed E-state index contributed by atoms with van der Waals surface area (Å²) in [7, 11) is 0. The van der Waals surface area contributed by atoms with Crippen LogP contribution in [0.1, 0.15) is 41.5 Å². The molecule has 0 bridgehead atoms. The second-order valence-corrected chi connectivity index (χ2v) is 4.97. The van der Waals surface area contributed by atoms with Crippen molar-refractivity contribution in [2.45, 2.75) is 25.9 Å². The number of carbonyl (C=O) groups is 1. The molecular weight excluding hydrogens is 297 g/mol. The third kappa shape index (κ3) is 2.33. The van der Waals surface area contributed by atoms with E-state index in [-0.39, 0.29) is 16.5 Å². The Morgan fingerprint density at radius 1 is 1.40 bits per heavy atom. The van der Waals surface area contributed by atoms with Gasteiger partial charge in [-0.05, 0) is 23.6 Å². The molecule has 108 valence electrons. The minimum Gasteiger partial charge on any atom is -0.476 e. The first-order valence-electron chi connectivity index (χ1n) is 5.65. The molecule has 0 aliphatic heterocycles. The Hall–Kier alpha value is -1.76. The van der Waals surface area contributed by atoms with Gasteiger partial charge in [-0.3, -0.25) is 0 Å². The maximum atomic E-state index is 13.1. The zero-order valence-electron chi connectivity index (χ0n) is 10.5. The summed E-state index contributed by atoms with van der Waals surface area (Å²) in [6.07, 6.45) is -4.66. The van der Waals surface area contributed by atoms with E-state index in [0.717, 1.165) is 6.07 Å². The Bertz CT molecular complexity index is 692. The van der Waals surface area contributed by atoms with Crippen LogP contribution in [-0.4, -0.2) is 20.7 Å². The van der Waals surface area contributed by atoms with Crippen LogP contribution in [0.25, 0.3) is 5.52 Å². The van der Waals surface area contributed by atoms with E-state index >= 15 is 0 Å². The van der Waals surface area contributed by atoms with Gasteiger partial charge in [0.1, 0.15) is 10.7 Å². The van der Waals surface area contributed by atoms with Crippen molar-refractivity contribution < 1.29 is 23.1 Å². The molecule has 0 unspecified atom stereocenters. The Morgan fingerprint density at radius 3 is 2.45 bits per heavy atom. The molecule has 1 N–H and O–H groups in total. The van der Waals surface area contributed by atoms with Crippen LogP contribution in [0.5, 0.6) is 0 Å². The zero-order chi connectivity index (χ0) is 15.2. The lowest BCUT2D eigenvalue weighted by Crippen LogP contribution is -2.14. The fourth-order valence-electron chi connectivity index (χ4n) is 1.81. The second-order valence-electron chi connectivity index (χ2n) is 4.59. The summed E-state index contributed by atoms with van der Waals surface area (Å²) < 4.78 is 39.7. The summed E-state index contributed by atoms with van der Waals surface area (Å²) in [4.78, 5) is 10.9. The van der Waals surface area contributed by atoms with Crippen LogP contribution in [0.3, 0.4) is 0 Å². The lowest BCUT2D eigenvalue weighted by Gasteiger charge is -2.13. The highest BCUT2D eigenvalue weighted by Crippen LogP contribution is 2.35. The van der Waals surface area contributed by atoms with E-state index in [2.05, 4.69) is 5.10 Å². The Kier molecular flexibility index (Phi) is 3.41. The highest BCUT2D eigenvalue weighted by molar-refractivity contribution is 6.36. The van der Waals surface area contributed by atoms with Crippen molar-refractivity contribution in [1.82, 2.24) is 9.61 Å². The van der Waals surface area contributed by atoms with Crippen LogP contribution >= 0.6 is 11.6 Å². The molecule has 0 aliphatic rings. The number of alkyl halides is 3. The van der Waals surface area contributed by atoms with Crippen molar-refractivity contribution in [2.24, 2.45) is 0 Å². The number of rotatable bonds is 2. The van der Waals surface area contributed by atoms with E-state index < -0.39 is 23.5 Å². The number of hydrogen-bond acceptors (Lipinski definition) is 2. The highest BCUT2D eigenvalue weighted by atomic mass is 35.5. The molecule has 2 rings (SSSR count). The minimum absolute atomic E-state index is 0.0670. The van der Waals surface area contributed by atoms with Crippen LogP contribution in [-0.2, 0) is 6.18 Å². The van der Waals surface area contributed by atoms with E-state index in [1.807, 2.05) is 0 Å². The van der Waals surface area contributed by atoms with Gasteiger partial charge in [0.15, 0.2) is 5.69 Å². The number of hydrogen-bond donors (Lipinski definition) is 1. The maximum Gasteiger partial charge on any atom is 0.433 e. The van der Waals surface area contributed by atoms with Crippen molar-refractivity contribution in [3.05, 3.63) is 34.1 Å². The van der Waals surface area contributed by atoms with Crippen LogP contribution in [0.2, 0.25) is 5.02 Å². The van der Waals surface area contributed by atoms with E-state index in [9.17, 15) is 18.0 Å². The summed E-state index contributed by atoms with van der Waals surface area (Å²) in [6.45, 7) is 3.46. The molecule has 0 saturated heterocycles. The topological polar surface area (TPSA) is 54.6 Å². The largest absolute Gasteiger partial charge is 0.476 e. The zero-order valence-corrected chi connectivity index (χ0v) is 11.2. The average Bonchev–Trinajstić information content (AvgIpc) is 2.64. The number of pyridine rings is 1. The molecule has 2 aromatic heterocycles. The van der Waals surface area contributed by atoms with Gasteiger partial charge in [-0.2, -0.15) is 18.3 Å². The van der Waals surface area contributed by atoms with Gasteiger partial charge in [0.2, 0.25) is 0 Å². The molecule has 2 heterocycles. The lowest BCUT2D eigenvalue weighted by atomic mass is 10.0. The highest BCUT2D eigenvalue weighted by Gasteiger charge is 2.36. The number of halogens is 4. The molecule has 0 aromatic carbocycles. The van der Waals surface area contributed by atoms with Gasteiger partial charge >= 0.3 is 12.1 Å². The normalized spacial score (nSPS) is 12.3. The van der Waals surface area contributed by atoms with Gasteiger partial charge in [-0.25, -0.2) is 9.31 Å². The molecule has 2 aromatic rings. The summed E-state index contributed by atoms with van der Waals surface area (Å²) in [5.41, 5.74) is -1.31. The van der Waals surface area contributed by atoms with Crippen molar-refractivity contribution in [2.75, 3.05) is 0 Å². The first-order valence-corrected chi connectivity index (χ1v) is 6.03. The summed E-state index contributed by atoms with van der Waals surface area (Å²) in [6, 6.07) is 2.37. The molecule has 0 saturated carbocycles. The smallest absolute Gasteiger partial charge is 0.433 e. The number of aromatic nitrogens is 2. The summed E-state index contributed by atoms with van der Waals surface area (Å²) >= 11 is 5.82. The van der Waals surface area contributed by atoms with E-state index in [4.69, 9.17) is 16.7 Å². The molecule has 0 aliphatic carbocycles. The molecule has 4 nitrogen and oxygen atoms in total. The molecule has 8 heteroatoms. The van der Waals surface area contributed by atoms with E-state index in [1.54, 1.807) is 13.8 Å². The molecule has 20 heavy (non-hydrogen) atoms. The first kappa shape index (κ1) is 14.6. The fraction of sp³-hybridized carbons (Fsp3) is 0.333. The number of carboxylic acid groups (broad SMARTS) is 1. The average molecular weight is 307 g/mol. The number of nitrogens with zero attached hydrogens (tertiary/aromatic N) is 2. The van der Waals surface area contributed by atoms with E-state index in [1.165, 1.54) is 6.07 Å². The summed E-state index contributed by atoms with van der Waals surface area (Å²) in [5.74, 6) is -1.64. The van der Waals surface area contributed by atoms with Crippen molar-refractivity contribution in [3.63, 3.8) is 0 Å². The number of carboxylic acids is 1. The number of aromatic carboxylic acids is 1. The molecule has 0 amide bonds. The van der Waals surface area contributed by atoms with Crippen molar-refractivity contribution >= 4 is 23.1 Å². The Morgan fingerprint density at radius 2 is 2.00 bits per heavy atom.